The molecule has 0 heterocycles. The second-order valence-electron chi connectivity index (χ2n) is 2.88. The van der Waals surface area contributed by atoms with Gasteiger partial charge < -0.3 is 0 Å². The molecule has 0 aliphatic rings. The molecular weight excluding hydrogens is 347 g/mol. The van der Waals surface area contributed by atoms with Gasteiger partial charge >= 0.3 is 6.18 Å². The van der Waals surface area contributed by atoms with Crippen molar-refractivity contribution in [2.75, 3.05) is 0 Å². The molecule has 0 N–H and O–H groups in total. The summed E-state index contributed by atoms with van der Waals surface area (Å²) in [5, 5.41) is 8.53. The maximum absolute atomic E-state index is 12.6. The van der Waals surface area contributed by atoms with E-state index in [-0.39, 0.29) is 5.56 Å². The van der Waals surface area contributed by atoms with Gasteiger partial charge in [0.25, 0.3) is 9.05 Å². The Morgan fingerprint density at radius 3 is 2.24 bits per heavy atom. The Morgan fingerprint density at radius 1 is 1.35 bits per heavy atom. The number of alkyl halides is 3. The van der Waals surface area contributed by atoms with Crippen LogP contribution in [0.15, 0.2) is 21.5 Å². The van der Waals surface area contributed by atoms with Crippen LogP contribution in [0.2, 0.25) is 0 Å². The van der Waals surface area contributed by atoms with E-state index in [1.165, 1.54) is 6.07 Å². The van der Waals surface area contributed by atoms with Crippen LogP contribution >= 0.6 is 26.6 Å². The van der Waals surface area contributed by atoms with Gasteiger partial charge in [-0.2, -0.15) is 18.4 Å². The lowest BCUT2D eigenvalue weighted by atomic mass is 10.1. The normalized spacial score (nSPS) is 12.2. The molecule has 17 heavy (non-hydrogen) atoms. The fourth-order valence-corrected chi connectivity index (χ4v) is 3.72. The van der Waals surface area contributed by atoms with Crippen LogP contribution < -0.4 is 0 Å². The number of halogens is 5. The molecule has 0 saturated carbocycles. The Labute approximate surface area is 107 Å². The van der Waals surface area contributed by atoms with Crippen LogP contribution in [0.1, 0.15) is 11.1 Å². The van der Waals surface area contributed by atoms with E-state index in [0.717, 1.165) is 6.07 Å². The number of nitriles is 1. The molecule has 0 atom stereocenters. The molecular formula is C8H2BrClF3NO2S. The minimum absolute atomic E-state index is 0.326. The highest BCUT2D eigenvalue weighted by Crippen LogP contribution is 2.39. The second kappa shape index (κ2) is 4.48. The minimum Gasteiger partial charge on any atom is -0.207 e. The largest absolute Gasteiger partial charge is 0.417 e. The second-order valence-corrected chi connectivity index (χ2v) is 6.24. The van der Waals surface area contributed by atoms with Crippen LogP contribution in [-0.4, -0.2) is 8.42 Å². The Kier molecular flexibility index (Phi) is 3.76. The fourth-order valence-electron chi connectivity index (χ4n) is 1.12. The quantitative estimate of drug-likeness (QED) is 0.732. The monoisotopic (exact) mass is 347 g/mol. The Balaban J connectivity index is 3.78. The van der Waals surface area contributed by atoms with Crippen molar-refractivity contribution in [2.24, 2.45) is 0 Å². The van der Waals surface area contributed by atoms with Crippen molar-refractivity contribution < 1.29 is 21.6 Å². The molecule has 92 valence electrons. The van der Waals surface area contributed by atoms with Crippen molar-refractivity contribution in [2.45, 2.75) is 11.1 Å². The molecule has 9 heteroatoms. The van der Waals surface area contributed by atoms with Crippen LogP contribution in [-0.2, 0) is 15.2 Å². The summed E-state index contributed by atoms with van der Waals surface area (Å²) in [6.07, 6.45) is -4.92. The molecule has 0 aliphatic heterocycles. The molecule has 0 bridgehead atoms. The van der Waals surface area contributed by atoms with Gasteiger partial charge in [-0.1, -0.05) is 0 Å². The molecule has 0 unspecified atom stereocenters. The first-order valence-electron chi connectivity index (χ1n) is 3.83. The summed E-state index contributed by atoms with van der Waals surface area (Å²) in [7, 11) is 0.354. The average Bonchev–Trinajstić information content (AvgIpc) is 2.12. The topological polar surface area (TPSA) is 57.9 Å². The summed E-state index contributed by atoms with van der Waals surface area (Å²) < 4.78 is 59.6. The zero-order chi connectivity index (χ0) is 13.4. The maximum Gasteiger partial charge on any atom is 0.417 e. The number of nitrogens with zero attached hydrogens (tertiary/aromatic N) is 1. The predicted molar refractivity (Wildman–Crippen MR) is 56.9 cm³/mol. The van der Waals surface area contributed by atoms with E-state index in [4.69, 9.17) is 15.9 Å². The van der Waals surface area contributed by atoms with Crippen molar-refractivity contribution in [3.63, 3.8) is 0 Å². The van der Waals surface area contributed by atoms with Crippen LogP contribution in [0.3, 0.4) is 0 Å². The van der Waals surface area contributed by atoms with Gasteiger partial charge in [-0.05, 0) is 28.1 Å². The molecule has 3 nitrogen and oxygen atoms in total. The zero-order valence-corrected chi connectivity index (χ0v) is 10.9. The summed E-state index contributed by atoms with van der Waals surface area (Å²) in [6.45, 7) is 0. The average molecular weight is 349 g/mol. The fraction of sp³-hybridized carbons (Fsp3) is 0.125. The van der Waals surface area contributed by atoms with Gasteiger partial charge in [0.15, 0.2) is 0 Å². The Hall–Kier alpha value is -0.780. The molecule has 1 rings (SSSR count). The van der Waals surface area contributed by atoms with E-state index in [9.17, 15) is 21.6 Å². The molecule has 1 aromatic rings. The highest BCUT2D eigenvalue weighted by atomic mass is 79.9. The van der Waals surface area contributed by atoms with Crippen molar-refractivity contribution in [1.29, 1.82) is 5.26 Å². The van der Waals surface area contributed by atoms with E-state index in [0.29, 0.717) is 6.07 Å². The third kappa shape index (κ3) is 3.12. The number of hydrogen-bond donors (Lipinski definition) is 0. The first-order chi connectivity index (χ1) is 7.57. The Bertz CT molecular complexity index is 606. The molecule has 0 aromatic heterocycles. The molecule has 0 saturated heterocycles. The lowest BCUT2D eigenvalue weighted by Crippen LogP contribution is -2.12. The zero-order valence-electron chi connectivity index (χ0n) is 7.72. The van der Waals surface area contributed by atoms with Crippen molar-refractivity contribution in [3.8, 4) is 6.07 Å². The molecule has 0 radical (unpaired) electrons. The van der Waals surface area contributed by atoms with Gasteiger partial charge in [0.1, 0.15) is 4.90 Å². The number of hydrogen-bond acceptors (Lipinski definition) is 3. The lowest BCUT2D eigenvalue weighted by Gasteiger charge is -2.12. The van der Waals surface area contributed by atoms with Gasteiger partial charge in [0.05, 0.1) is 17.2 Å². The molecule has 0 spiro atoms. The van der Waals surface area contributed by atoms with Crippen LogP contribution in [0.5, 0.6) is 0 Å². The van der Waals surface area contributed by atoms with E-state index in [1.54, 1.807) is 0 Å². The van der Waals surface area contributed by atoms with Crippen molar-refractivity contribution >= 4 is 35.7 Å². The van der Waals surface area contributed by atoms with E-state index >= 15 is 0 Å². The highest BCUT2D eigenvalue weighted by molar-refractivity contribution is 9.10. The van der Waals surface area contributed by atoms with Crippen molar-refractivity contribution in [1.82, 2.24) is 0 Å². The molecule has 0 fully saturated rings. The van der Waals surface area contributed by atoms with Crippen molar-refractivity contribution in [3.05, 3.63) is 27.7 Å². The van der Waals surface area contributed by atoms with Gasteiger partial charge in [-0.25, -0.2) is 8.42 Å². The third-order valence-electron chi connectivity index (χ3n) is 1.72. The SMILES string of the molecule is N#Cc1cc(Br)c(S(=O)(=O)Cl)c(C(F)(F)F)c1. The van der Waals surface area contributed by atoms with Gasteiger partial charge in [0, 0.05) is 15.2 Å². The molecule has 0 amide bonds. The Morgan fingerprint density at radius 2 is 1.88 bits per heavy atom. The molecule has 0 aliphatic carbocycles. The van der Waals surface area contributed by atoms with Crippen LogP contribution in [0.25, 0.3) is 0 Å². The van der Waals surface area contributed by atoms with Gasteiger partial charge in [0.2, 0.25) is 0 Å². The summed E-state index contributed by atoms with van der Waals surface area (Å²) in [5.41, 5.74) is -1.80. The van der Waals surface area contributed by atoms with E-state index in [1.807, 2.05) is 0 Å². The first-order valence-corrected chi connectivity index (χ1v) is 6.93. The van der Waals surface area contributed by atoms with Crippen LogP contribution in [0, 0.1) is 11.3 Å². The predicted octanol–water partition coefficient (Wildman–Crippen LogP) is 3.27. The summed E-state index contributed by atoms with van der Waals surface area (Å²) >= 11 is 2.65. The molecule has 1 aromatic carbocycles. The van der Waals surface area contributed by atoms with E-state index < -0.39 is 30.2 Å². The van der Waals surface area contributed by atoms with Crippen LogP contribution in [0.4, 0.5) is 13.2 Å². The summed E-state index contributed by atoms with van der Waals surface area (Å²) in [5.74, 6) is 0. The summed E-state index contributed by atoms with van der Waals surface area (Å²) in [6, 6.07) is 2.87. The first kappa shape index (κ1) is 14.3. The lowest BCUT2D eigenvalue weighted by molar-refractivity contribution is -0.139. The highest BCUT2D eigenvalue weighted by Gasteiger charge is 2.38. The smallest absolute Gasteiger partial charge is 0.207 e. The standard InChI is InChI=1S/C8H2BrClF3NO2S/c9-6-2-4(3-14)1-5(8(11,12)13)7(6)17(10,15)16/h1-2H. The maximum atomic E-state index is 12.6. The van der Waals surface area contributed by atoms with Gasteiger partial charge in [-0.3, -0.25) is 0 Å². The van der Waals surface area contributed by atoms with E-state index in [2.05, 4.69) is 15.9 Å². The third-order valence-corrected chi connectivity index (χ3v) is 4.00. The minimum atomic E-state index is -4.92. The van der Waals surface area contributed by atoms with Gasteiger partial charge in [-0.15, -0.1) is 0 Å². The number of rotatable bonds is 1. The number of benzene rings is 1. The summed E-state index contributed by atoms with van der Waals surface area (Å²) in [4.78, 5) is -1.09.